The summed E-state index contributed by atoms with van der Waals surface area (Å²) in [5.41, 5.74) is 10.7. The van der Waals surface area contributed by atoms with Crippen molar-refractivity contribution >= 4 is 52.7 Å². The van der Waals surface area contributed by atoms with Gasteiger partial charge in [-0.2, -0.15) is 0 Å². The number of hydrogen-bond acceptors (Lipinski definition) is 20. The molecule has 3 aliphatic heterocycles. The number of aliphatic hydroxyl groups excluding tert-OH is 8. The van der Waals surface area contributed by atoms with Gasteiger partial charge in [-0.15, -0.1) is 0 Å². The first kappa shape index (κ1) is 50.5. The second-order valence-corrected chi connectivity index (χ2v) is 16.1. The molecule has 1 aromatic carbocycles. The first-order valence-electron chi connectivity index (χ1n) is 19.3. The number of fused-ring (bicyclic) bond motifs is 2. The van der Waals surface area contributed by atoms with Crippen molar-refractivity contribution in [3.05, 3.63) is 23.8 Å². The predicted molar refractivity (Wildman–Crippen MR) is 205 cm³/mol. The Balaban J connectivity index is 1.87. The summed E-state index contributed by atoms with van der Waals surface area (Å²) in [6, 6.07) is -9.73. The molecule has 0 radical (unpaired) electrons. The number of phenols is 1. The fourth-order valence-corrected chi connectivity index (χ4v) is 7.65. The highest BCUT2D eigenvalue weighted by Crippen LogP contribution is 2.32. The molecule has 3 aliphatic rings. The number of amides is 7. The van der Waals surface area contributed by atoms with Gasteiger partial charge in [-0.25, -0.2) is 4.21 Å². The number of aromatic hydroxyl groups is 1. The molecule has 4 rings (SSSR count). The lowest BCUT2D eigenvalue weighted by Gasteiger charge is -2.34. The Labute approximate surface area is 359 Å². The van der Waals surface area contributed by atoms with E-state index in [0.717, 1.165) is 25.1 Å². The zero-order valence-electron chi connectivity index (χ0n) is 33.5. The van der Waals surface area contributed by atoms with Crippen molar-refractivity contribution < 1.29 is 92.5 Å². The number of carbonyl (C=O) groups excluding carboxylic acids is 7. The molecule has 7 amide bonds. The number of primary amides is 1. The highest BCUT2D eigenvalue weighted by Gasteiger charge is 2.50. The van der Waals surface area contributed by atoms with Crippen LogP contribution in [0.25, 0.3) is 0 Å². The minimum absolute atomic E-state index is 0.463. The van der Waals surface area contributed by atoms with Gasteiger partial charge in [0.2, 0.25) is 41.4 Å². The number of hydrogen-bond donors (Lipinski definition) is 15. The largest absolute Gasteiger partial charge is 0.740 e. The maximum Gasteiger partial charge on any atom is 0.248 e. The van der Waals surface area contributed by atoms with Crippen LogP contribution in [0.4, 0.5) is 0 Å². The molecule has 28 heteroatoms. The fourth-order valence-electron chi connectivity index (χ4n) is 7.37. The van der Waals surface area contributed by atoms with Gasteiger partial charge >= 0.3 is 0 Å². The van der Waals surface area contributed by atoms with E-state index in [9.17, 15) is 88.3 Å². The van der Waals surface area contributed by atoms with Gasteiger partial charge in [0.1, 0.15) is 59.9 Å². The molecule has 0 bridgehead atoms. The van der Waals surface area contributed by atoms with Crippen molar-refractivity contribution in [3.8, 4) is 11.5 Å². The third-order valence-electron chi connectivity index (χ3n) is 10.8. The Morgan fingerprint density at radius 3 is 2.08 bits per heavy atom. The first-order chi connectivity index (χ1) is 29.3. The molecule has 3 fully saturated rings. The molecule has 27 nitrogen and oxygen atoms in total. The van der Waals surface area contributed by atoms with Crippen molar-refractivity contribution in [3.63, 3.8) is 0 Å². The predicted octanol–water partition coefficient (Wildman–Crippen LogP) is -9.27. The Hall–Kier alpha value is -5.14. The maximum atomic E-state index is 14.3. The highest BCUT2D eigenvalue weighted by atomic mass is 32.2. The number of phenolic OH excluding ortho intramolecular Hbond substituents is 1. The number of rotatable bonds is 9. The maximum absolute atomic E-state index is 14.3. The Morgan fingerprint density at radius 2 is 1.48 bits per heavy atom. The van der Waals surface area contributed by atoms with Crippen LogP contribution < -0.4 is 36.9 Å². The SMILES string of the molecule is CC(O)C1NC(=O)C(N)CC(O)C(O)NC(=O)C2C(O)C(C)CN2C(=O)C(C(O)CC(N)=O)NC(=O)C(C(O)C(O)c2ccc(O)c(OS(=O)[O-])c2)NC(=O)C2CC(O)CN2C1=O. The first-order valence-corrected chi connectivity index (χ1v) is 20.3. The molecule has 16 atom stereocenters. The van der Waals surface area contributed by atoms with Crippen LogP contribution in [0.5, 0.6) is 11.5 Å². The molecular formula is C35H51N8O19S-. The third kappa shape index (κ3) is 11.9. The van der Waals surface area contributed by atoms with Gasteiger partial charge in [-0.1, -0.05) is 13.0 Å². The summed E-state index contributed by atoms with van der Waals surface area (Å²) in [4.78, 5) is 96.6. The van der Waals surface area contributed by atoms with Crippen LogP contribution in [0.1, 0.15) is 44.8 Å². The Bertz CT molecular complexity index is 1930. The molecule has 3 heterocycles. The number of aliphatic hydroxyl groups is 8. The fraction of sp³-hybridized carbons (Fsp3) is 0.629. The summed E-state index contributed by atoms with van der Waals surface area (Å²) in [6.45, 7) is 1.33. The van der Waals surface area contributed by atoms with E-state index in [4.69, 9.17) is 11.5 Å². The van der Waals surface area contributed by atoms with Gasteiger partial charge in [-0.05, 0) is 24.6 Å². The number of nitrogens with one attached hydrogen (secondary N) is 4. The average molecular weight is 920 g/mol. The molecular weight excluding hydrogens is 868 g/mol. The molecule has 0 saturated carbocycles. The van der Waals surface area contributed by atoms with Crippen LogP contribution in [0, 0.1) is 5.92 Å². The van der Waals surface area contributed by atoms with Crippen molar-refractivity contribution in [2.24, 2.45) is 17.4 Å². The van der Waals surface area contributed by atoms with Crippen molar-refractivity contribution in [1.29, 1.82) is 0 Å². The minimum Gasteiger partial charge on any atom is -0.740 e. The lowest BCUT2D eigenvalue weighted by molar-refractivity contribution is -0.149. The summed E-state index contributed by atoms with van der Waals surface area (Å²) < 4.78 is 26.9. The zero-order valence-corrected chi connectivity index (χ0v) is 34.3. The van der Waals surface area contributed by atoms with Crippen LogP contribution >= 0.6 is 0 Å². The molecule has 352 valence electrons. The third-order valence-corrected chi connectivity index (χ3v) is 11.1. The van der Waals surface area contributed by atoms with E-state index in [1.165, 1.54) is 6.92 Å². The zero-order chi connectivity index (χ0) is 47.4. The second-order valence-electron chi connectivity index (χ2n) is 15.5. The molecule has 1 aromatic rings. The summed E-state index contributed by atoms with van der Waals surface area (Å²) in [5, 5.41) is 106. The number of benzene rings is 1. The highest BCUT2D eigenvalue weighted by molar-refractivity contribution is 7.74. The van der Waals surface area contributed by atoms with E-state index >= 15 is 0 Å². The van der Waals surface area contributed by atoms with Crippen LogP contribution in [0.2, 0.25) is 0 Å². The topological polar surface area (TPSA) is 458 Å². The van der Waals surface area contributed by atoms with Crippen molar-refractivity contribution in [2.75, 3.05) is 13.1 Å². The quantitative estimate of drug-likeness (QED) is 0.102. The molecule has 0 spiro atoms. The standard InChI is InChI=1S/C35H52N8O19S/c1-11-9-43-25(26(11)50)33(57)41-31(55)19(48)7-15(36)29(53)38-22(12(2)44)34(58)42-10-14(45)6-16(42)30(54)40-24(32(56)39-23(35(43)59)18(47)8-21(37)49)28(52)27(51)13-3-4-17(46)20(5-13)62-63(60)61/h3-5,11-12,14-16,18-19,22-28,31,44-48,50-52,55H,6-10,36H2,1-2H3,(H2,37,49)(H,38,53)(H,39,56)(H,40,54)(H,41,57)(H,60,61)/p-1. The molecule has 63 heavy (non-hydrogen) atoms. The summed E-state index contributed by atoms with van der Waals surface area (Å²) in [7, 11) is 0. The van der Waals surface area contributed by atoms with Gasteiger partial charge in [0, 0.05) is 31.8 Å². The number of nitrogens with zero attached hydrogens (tertiary/aromatic N) is 2. The summed E-state index contributed by atoms with van der Waals surface area (Å²) in [6.07, 6.45) is -18.8. The Kier molecular flexibility index (Phi) is 16.9. The van der Waals surface area contributed by atoms with Crippen LogP contribution in [0.15, 0.2) is 18.2 Å². The molecule has 17 N–H and O–H groups in total. The summed E-state index contributed by atoms with van der Waals surface area (Å²) >= 11 is -3.27. The normalized spacial score (nSPS) is 33.0. The molecule has 16 unspecified atom stereocenters. The van der Waals surface area contributed by atoms with E-state index in [0.29, 0.717) is 9.80 Å². The van der Waals surface area contributed by atoms with E-state index in [-0.39, 0.29) is 0 Å². The van der Waals surface area contributed by atoms with E-state index in [1.54, 1.807) is 0 Å². The number of nitrogens with two attached hydrogens (primary N) is 2. The lowest BCUT2D eigenvalue weighted by Crippen LogP contribution is -2.64. The monoisotopic (exact) mass is 919 g/mol. The smallest absolute Gasteiger partial charge is 0.248 e. The van der Waals surface area contributed by atoms with Gasteiger partial charge in [-0.3, -0.25) is 33.6 Å². The van der Waals surface area contributed by atoms with Crippen LogP contribution in [-0.2, 0) is 44.9 Å². The van der Waals surface area contributed by atoms with E-state index in [2.05, 4.69) is 14.8 Å². The van der Waals surface area contributed by atoms with Gasteiger partial charge in [0.15, 0.2) is 17.7 Å². The van der Waals surface area contributed by atoms with Crippen molar-refractivity contribution in [1.82, 2.24) is 31.1 Å². The van der Waals surface area contributed by atoms with Crippen LogP contribution in [-0.4, -0.2) is 198 Å². The average Bonchev–Trinajstić information content (AvgIpc) is 3.74. The molecule has 3 saturated heterocycles. The van der Waals surface area contributed by atoms with Gasteiger partial charge in [0.25, 0.3) is 0 Å². The summed E-state index contributed by atoms with van der Waals surface area (Å²) in [5.74, 6) is -11.8. The van der Waals surface area contributed by atoms with Gasteiger partial charge < -0.3 is 97.2 Å². The van der Waals surface area contributed by atoms with E-state index < -0.39 is 193 Å². The molecule has 0 aromatic heterocycles. The minimum atomic E-state index is -3.27. The van der Waals surface area contributed by atoms with Crippen molar-refractivity contribution in [2.45, 2.75) is 118 Å². The van der Waals surface area contributed by atoms with Gasteiger partial charge in [0.05, 0.1) is 36.9 Å². The van der Waals surface area contributed by atoms with Crippen LogP contribution in [0.3, 0.4) is 0 Å². The lowest BCUT2D eigenvalue weighted by atomic mass is 9.96. The number of carbonyl (C=O) groups is 7. The van der Waals surface area contributed by atoms with E-state index in [1.807, 2.05) is 10.6 Å². The Morgan fingerprint density at radius 1 is 0.873 bits per heavy atom. The second kappa shape index (κ2) is 21.0. The molecule has 0 aliphatic carbocycles.